The third-order valence-corrected chi connectivity index (χ3v) is 3.72. The van der Waals surface area contributed by atoms with Crippen LogP contribution >= 0.6 is 11.6 Å². The van der Waals surface area contributed by atoms with Gasteiger partial charge in [-0.05, 0) is 25.1 Å². The molecule has 6 heteroatoms. The van der Waals surface area contributed by atoms with Crippen molar-refractivity contribution in [2.24, 2.45) is 0 Å². The van der Waals surface area contributed by atoms with Gasteiger partial charge < -0.3 is 5.32 Å². The highest BCUT2D eigenvalue weighted by Gasteiger charge is 2.15. The predicted molar refractivity (Wildman–Crippen MR) is 71.7 cm³/mol. The van der Waals surface area contributed by atoms with E-state index in [0.29, 0.717) is 6.54 Å². The highest BCUT2D eigenvalue weighted by molar-refractivity contribution is 7.90. The lowest BCUT2D eigenvalue weighted by molar-refractivity contribution is 0.0957. The number of hydrogen-bond donors (Lipinski definition) is 1. The van der Waals surface area contributed by atoms with Gasteiger partial charge in [0.2, 0.25) is 0 Å². The number of nitrogens with one attached hydrogen (secondary N) is 1. The fourth-order valence-corrected chi connectivity index (χ4v) is 2.56. The Bertz CT molecular complexity index is 593. The molecule has 0 unspecified atom stereocenters. The number of amides is 1. The van der Waals surface area contributed by atoms with Crippen LogP contribution in [-0.4, -0.2) is 27.1 Å². The average Bonchev–Trinajstić information content (AvgIpc) is 2.24. The van der Waals surface area contributed by atoms with E-state index in [4.69, 9.17) is 11.6 Å². The molecule has 0 saturated carbocycles. The summed E-state index contributed by atoms with van der Waals surface area (Å²) in [5, 5.41) is 2.73. The summed E-state index contributed by atoms with van der Waals surface area (Å²) in [5.74, 6) is -0.362. The topological polar surface area (TPSA) is 63.2 Å². The Labute approximate surface area is 112 Å². The second kappa shape index (κ2) is 5.54. The van der Waals surface area contributed by atoms with E-state index >= 15 is 0 Å². The molecule has 4 nitrogen and oxygen atoms in total. The van der Waals surface area contributed by atoms with Crippen molar-refractivity contribution in [3.63, 3.8) is 0 Å². The first-order chi connectivity index (χ1) is 8.21. The first kappa shape index (κ1) is 14.7. The van der Waals surface area contributed by atoms with Crippen LogP contribution in [0.3, 0.4) is 0 Å². The zero-order valence-corrected chi connectivity index (χ0v) is 11.7. The highest BCUT2D eigenvalue weighted by Crippen LogP contribution is 2.22. The van der Waals surface area contributed by atoms with E-state index in [1.54, 1.807) is 6.92 Å². The molecule has 0 spiro atoms. The average molecular weight is 288 g/mol. The van der Waals surface area contributed by atoms with Gasteiger partial charge >= 0.3 is 0 Å². The number of halogens is 1. The summed E-state index contributed by atoms with van der Waals surface area (Å²) in [6.45, 7) is 5.78. The van der Waals surface area contributed by atoms with Gasteiger partial charge in [0, 0.05) is 18.4 Å². The Hall–Kier alpha value is -1.33. The molecular weight excluding hydrogens is 274 g/mol. The lowest BCUT2D eigenvalue weighted by atomic mass is 10.2. The van der Waals surface area contributed by atoms with Crippen molar-refractivity contribution >= 4 is 27.3 Å². The van der Waals surface area contributed by atoms with Crippen LogP contribution in [0, 0.1) is 0 Å². The molecular formula is C12H14ClNO3S. The van der Waals surface area contributed by atoms with Crippen LogP contribution in [0.15, 0.2) is 35.2 Å². The molecule has 0 aliphatic carbocycles. The largest absolute Gasteiger partial charge is 0.348 e. The van der Waals surface area contributed by atoms with E-state index in [1.165, 1.54) is 18.2 Å². The monoisotopic (exact) mass is 287 g/mol. The lowest BCUT2D eigenvalue weighted by Gasteiger charge is -2.07. The summed E-state index contributed by atoms with van der Waals surface area (Å²) in [4.78, 5) is 11.7. The highest BCUT2D eigenvalue weighted by atomic mass is 35.5. The normalized spacial score (nSPS) is 11.1. The number of carbonyl (C=O) groups excluding carboxylic acids is 1. The van der Waals surface area contributed by atoms with Crippen molar-refractivity contribution in [2.45, 2.75) is 11.8 Å². The standard InChI is InChI=1S/C12H14ClNO3S/c1-8(2)7-14-12(15)9-4-5-10(13)11(6-9)18(3,16)17/h4-6H,1,7H2,2-3H3,(H,14,15). The van der Waals surface area contributed by atoms with Gasteiger partial charge in [-0.1, -0.05) is 23.8 Å². The minimum atomic E-state index is -3.45. The summed E-state index contributed by atoms with van der Waals surface area (Å²) in [6, 6.07) is 4.14. The maximum absolute atomic E-state index is 11.7. The molecule has 0 aliphatic heterocycles. The van der Waals surface area contributed by atoms with Gasteiger partial charge in [-0.15, -0.1) is 0 Å². The molecule has 0 atom stereocenters. The smallest absolute Gasteiger partial charge is 0.251 e. The molecule has 18 heavy (non-hydrogen) atoms. The maximum atomic E-state index is 11.7. The van der Waals surface area contributed by atoms with Crippen molar-refractivity contribution in [1.29, 1.82) is 0 Å². The van der Waals surface area contributed by atoms with Crippen LogP contribution < -0.4 is 5.32 Å². The second-order valence-electron chi connectivity index (χ2n) is 4.06. The van der Waals surface area contributed by atoms with E-state index < -0.39 is 9.84 Å². The third kappa shape index (κ3) is 3.85. The Morgan fingerprint density at radius 1 is 1.44 bits per heavy atom. The zero-order valence-electron chi connectivity index (χ0n) is 10.2. The van der Waals surface area contributed by atoms with E-state index in [9.17, 15) is 13.2 Å². The van der Waals surface area contributed by atoms with Crippen LogP contribution in [0.25, 0.3) is 0 Å². The van der Waals surface area contributed by atoms with Crippen molar-refractivity contribution in [2.75, 3.05) is 12.8 Å². The summed E-state index contributed by atoms with van der Waals surface area (Å²) >= 11 is 5.79. The van der Waals surface area contributed by atoms with Crippen molar-refractivity contribution in [1.82, 2.24) is 5.32 Å². The zero-order chi connectivity index (χ0) is 13.9. The molecule has 1 aromatic carbocycles. The fourth-order valence-electron chi connectivity index (χ4n) is 1.26. The Morgan fingerprint density at radius 2 is 2.06 bits per heavy atom. The van der Waals surface area contributed by atoms with Crippen molar-refractivity contribution in [3.8, 4) is 0 Å². The number of carbonyl (C=O) groups is 1. The van der Waals surface area contributed by atoms with Gasteiger partial charge in [-0.2, -0.15) is 0 Å². The van der Waals surface area contributed by atoms with Gasteiger partial charge in [0.15, 0.2) is 9.84 Å². The first-order valence-corrected chi connectivity index (χ1v) is 7.41. The summed E-state index contributed by atoms with van der Waals surface area (Å²) in [6.07, 6.45) is 1.05. The molecule has 0 saturated heterocycles. The van der Waals surface area contributed by atoms with Crippen LogP contribution in [-0.2, 0) is 9.84 Å². The Kier molecular flexibility index (Phi) is 4.53. The summed E-state index contributed by atoms with van der Waals surface area (Å²) in [7, 11) is -3.45. The van der Waals surface area contributed by atoms with Gasteiger partial charge in [0.1, 0.15) is 0 Å². The van der Waals surface area contributed by atoms with Crippen molar-refractivity contribution < 1.29 is 13.2 Å². The van der Waals surface area contributed by atoms with E-state index in [2.05, 4.69) is 11.9 Å². The molecule has 1 aromatic rings. The second-order valence-corrected chi connectivity index (χ2v) is 6.45. The number of benzene rings is 1. The Morgan fingerprint density at radius 3 is 2.56 bits per heavy atom. The summed E-state index contributed by atoms with van der Waals surface area (Å²) in [5.41, 5.74) is 1.06. The molecule has 1 N–H and O–H groups in total. The molecule has 0 heterocycles. The molecule has 1 amide bonds. The van der Waals surface area contributed by atoms with E-state index in [1.807, 2.05) is 0 Å². The molecule has 0 aromatic heterocycles. The predicted octanol–water partition coefficient (Wildman–Crippen LogP) is 2.05. The molecule has 0 bridgehead atoms. The van der Waals surface area contributed by atoms with Gasteiger partial charge in [0.25, 0.3) is 5.91 Å². The van der Waals surface area contributed by atoms with Crippen LogP contribution in [0.1, 0.15) is 17.3 Å². The number of sulfone groups is 1. The molecule has 0 radical (unpaired) electrons. The number of hydrogen-bond acceptors (Lipinski definition) is 3. The van der Waals surface area contributed by atoms with E-state index in [0.717, 1.165) is 11.8 Å². The molecule has 98 valence electrons. The van der Waals surface area contributed by atoms with Crippen LogP contribution in [0.5, 0.6) is 0 Å². The fraction of sp³-hybridized carbons (Fsp3) is 0.250. The minimum Gasteiger partial charge on any atom is -0.348 e. The molecule has 0 aliphatic rings. The summed E-state index contributed by atoms with van der Waals surface area (Å²) < 4.78 is 22.9. The molecule has 1 rings (SSSR count). The lowest BCUT2D eigenvalue weighted by Crippen LogP contribution is -2.25. The van der Waals surface area contributed by atoms with Gasteiger partial charge in [0.05, 0.1) is 9.92 Å². The quantitative estimate of drug-likeness (QED) is 0.862. The van der Waals surface area contributed by atoms with Crippen LogP contribution in [0.4, 0.5) is 0 Å². The molecule has 0 fully saturated rings. The Balaban J connectivity index is 3.06. The minimum absolute atomic E-state index is 0.0489. The van der Waals surface area contributed by atoms with Crippen LogP contribution in [0.2, 0.25) is 5.02 Å². The third-order valence-electron chi connectivity index (χ3n) is 2.14. The first-order valence-electron chi connectivity index (χ1n) is 5.14. The number of rotatable bonds is 4. The van der Waals surface area contributed by atoms with Gasteiger partial charge in [-0.3, -0.25) is 4.79 Å². The van der Waals surface area contributed by atoms with Crippen molar-refractivity contribution in [3.05, 3.63) is 40.9 Å². The van der Waals surface area contributed by atoms with E-state index in [-0.39, 0.29) is 21.4 Å². The SMILES string of the molecule is C=C(C)CNC(=O)c1ccc(Cl)c(S(C)(=O)=O)c1. The maximum Gasteiger partial charge on any atom is 0.251 e. The van der Waals surface area contributed by atoms with Gasteiger partial charge in [-0.25, -0.2) is 8.42 Å².